The molecule has 2 rings (SSSR count). The van der Waals surface area contributed by atoms with E-state index < -0.39 is 5.60 Å². The number of ether oxygens (including phenoxy) is 3. The van der Waals surface area contributed by atoms with Gasteiger partial charge in [-0.25, -0.2) is 0 Å². The second kappa shape index (κ2) is 9.30. The summed E-state index contributed by atoms with van der Waals surface area (Å²) in [6, 6.07) is 3.97. The fourth-order valence-corrected chi connectivity index (χ4v) is 4.82. The summed E-state index contributed by atoms with van der Waals surface area (Å²) < 4.78 is 17.5. The molecule has 1 aliphatic rings. The molecule has 1 aliphatic carbocycles. The Balaban J connectivity index is 2.41. The lowest BCUT2D eigenvalue weighted by atomic mass is 9.82. The maximum absolute atomic E-state index is 11.6. The third-order valence-electron chi connectivity index (χ3n) is 5.33. The Kier molecular flexibility index (Phi) is 7.60. The van der Waals surface area contributed by atoms with Crippen LogP contribution in [0.4, 0.5) is 0 Å². The molecule has 27 heavy (non-hydrogen) atoms. The van der Waals surface area contributed by atoms with Gasteiger partial charge in [-0.1, -0.05) is 13.0 Å². The van der Waals surface area contributed by atoms with Gasteiger partial charge in [0.1, 0.15) is 0 Å². The third kappa shape index (κ3) is 4.44. The molecule has 0 amide bonds. The molecule has 1 saturated carbocycles. The largest absolute Gasteiger partial charge is 0.493 e. The van der Waals surface area contributed by atoms with Crippen LogP contribution >= 0.6 is 23.5 Å². The predicted molar refractivity (Wildman–Crippen MR) is 116 cm³/mol. The van der Waals surface area contributed by atoms with Gasteiger partial charge in [0, 0.05) is 10.2 Å². The van der Waals surface area contributed by atoms with Crippen LogP contribution in [-0.2, 0) is 0 Å². The zero-order valence-electron chi connectivity index (χ0n) is 16.9. The van der Waals surface area contributed by atoms with Gasteiger partial charge < -0.3 is 19.3 Å². The van der Waals surface area contributed by atoms with Gasteiger partial charge in [-0.05, 0) is 54.5 Å². The van der Waals surface area contributed by atoms with Crippen molar-refractivity contribution in [1.82, 2.24) is 0 Å². The van der Waals surface area contributed by atoms with E-state index in [9.17, 15) is 5.11 Å². The highest BCUT2D eigenvalue weighted by Crippen LogP contribution is 2.58. The molecule has 0 heterocycles. The minimum absolute atomic E-state index is 0.0520. The Hall–Kier alpha value is -1.24. The molecular formula is C21H30O4S2. The second-order valence-corrected chi connectivity index (χ2v) is 8.65. The lowest BCUT2D eigenvalue weighted by Gasteiger charge is -2.31. The van der Waals surface area contributed by atoms with E-state index in [-0.39, 0.29) is 17.8 Å². The van der Waals surface area contributed by atoms with Crippen LogP contribution in [0, 0.1) is 11.8 Å². The smallest absolute Gasteiger partial charge is 0.203 e. The molecule has 1 aromatic carbocycles. The van der Waals surface area contributed by atoms with Crippen LogP contribution in [0.2, 0.25) is 0 Å². The average Bonchev–Trinajstić information content (AvgIpc) is 3.51. The fourth-order valence-electron chi connectivity index (χ4n) is 3.54. The molecule has 4 unspecified atom stereocenters. The quantitative estimate of drug-likeness (QED) is 0.552. The summed E-state index contributed by atoms with van der Waals surface area (Å²) in [7, 11) is 4.84. The number of hydrogen-bond acceptors (Lipinski definition) is 6. The average molecular weight is 411 g/mol. The predicted octanol–water partition coefficient (Wildman–Crippen LogP) is 4.94. The van der Waals surface area contributed by atoms with Crippen molar-refractivity contribution in [1.29, 1.82) is 0 Å². The molecule has 1 N–H and O–H groups in total. The van der Waals surface area contributed by atoms with Crippen LogP contribution in [-0.4, -0.2) is 44.5 Å². The van der Waals surface area contributed by atoms with Gasteiger partial charge in [0.05, 0.1) is 26.9 Å². The standard InChI is InChI=1S/C21H30O4S2/c1-8-13(2)21(22,12-19(26-6)27-7)16-11-15(16)14-9-17(23-3)20(25-5)18(10-14)24-4/h8-10,12-13,15-16,22H,1,11H2,2-7H3. The first-order valence-corrected chi connectivity index (χ1v) is 11.3. The SMILES string of the molecule is C=CC(C)C(O)(C=C(SC)SC)C1CC1c1cc(OC)c(OC)c(OC)c1. The van der Waals surface area contributed by atoms with E-state index >= 15 is 0 Å². The van der Waals surface area contributed by atoms with Crippen molar-refractivity contribution in [2.75, 3.05) is 33.8 Å². The van der Waals surface area contributed by atoms with E-state index in [0.717, 1.165) is 16.2 Å². The Morgan fingerprint density at radius 3 is 2.15 bits per heavy atom. The molecule has 6 heteroatoms. The Labute approximate surface area is 171 Å². The molecule has 0 bridgehead atoms. The summed E-state index contributed by atoms with van der Waals surface area (Å²) in [4.78, 5) is 0. The highest BCUT2D eigenvalue weighted by atomic mass is 32.2. The summed E-state index contributed by atoms with van der Waals surface area (Å²) in [6.45, 7) is 5.93. The topological polar surface area (TPSA) is 47.9 Å². The van der Waals surface area contributed by atoms with Crippen LogP contribution in [0.5, 0.6) is 17.2 Å². The third-order valence-corrected chi connectivity index (χ3v) is 7.37. The summed E-state index contributed by atoms with van der Waals surface area (Å²) in [5.74, 6) is 2.16. The maximum atomic E-state index is 11.6. The maximum Gasteiger partial charge on any atom is 0.203 e. The van der Waals surface area contributed by atoms with Crippen LogP contribution in [0.3, 0.4) is 0 Å². The first-order valence-electron chi connectivity index (χ1n) is 8.85. The molecule has 0 radical (unpaired) electrons. The number of hydrogen-bond donors (Lipinski definition) is 1. The Morgan fingerprint density at radius 1 is 1.19 bits per heavy atom. The van der Waals surface area contributed by atoms with Crippen molar-refractivity contribution in [3.63, 3.8) is 0 Å². The van der Waals surface area contributed by atoms with Gasteiger partial charge in [-0.2, -0.15) is 0 Å². The van der Waals surface area contributed by atoms with Gasteiger partial charge in [0.2, 0.25) is 5.75 Å². The van der Waals surface area contributed by atoms with Gasteiger partial charge in [0.25, 0.3) is 0 Å². The number of rotatable bonds is 10. The van der Waals surface area contributed by atoms with Crippen molar-refractivity contribution in [2.24, 2.45) is 11.8 Å². The molecule has 4 atom stereocenters. The lowest BCUT2D eigenvalue weighted by molar-refractivity contribution is 0.0304. The van der Waals surface area contributed by atoms with Crippen LogP contribution in [0.1, 0.15) is 24.8 Å². The van der Waals surface area contributed by atoms with Gasteiger partial charge in [-0.15, -0.1) is 30.1 Å². The number of aliphatic hydroxyl groups is 1. The first-order chi connectivity index (χ1) is 12.9. The zero-order chi connectivity index (χ0) is 20.2. The van der Waals surface area contributed by atoms with Crippen molar-refractivity contribution in [2.45, 2.75) is 24.9 Å². The molecule has 0 saturated heterocycles. The molecule has 4 nitrogen and oxygen atoms in total. The fraction of sp³-hybridized carbons (Fsp3) is 0.524. The molecule has 150 valence electrons. The van der Waals surface area contributed by atoms with Crippen molar-refractivity contribution in [3.8, 4) is 17.2 Å². The van der Waals surface area contributed by atoms with E-state index in [0.29, 0.717) is 17.2 Å². The minimum atomic E-state index is -0.936. The van der Waals surface area contributed by atoms with E-state index in [2.05, 4.69) is 6.58 Å². The lowest BCUT2D eigenvalue weighted by Crippen LogP contribution is -2.36. The number of thioether (sulfide) groups is 2. The molecule has 1 aromatic rings. The highest BCUT2D eigenvalue weighted by Gasteiger charge is 2.53. The van der Waals surface area contributed by atoms with Gasteiger partial charge in [0.15, 0.2) is 11.5 Å². The highest BCUT2D eigenvalue weighted by molar-refractivity contribution is 8.21. The first kappa shape index (κ1) is 22.1. The van der Waals surface area contributed by atoms with E-state index in [1.54, 1.807) is 44.9 Å². The van der Waals surface area contributed by atoms with Crippen LogP contribution in [0.25, 0.3) is 0 Å². The minimum Gasteiger partial charge on any atom is -0.493 e. The van der Waals surface area contributed by atoms with Gasteiger partial charge >= 0.3 is 0 Å². The molecular weight excluding hydrogens is 380 g/mol. The van der Waals surface area contributed by atoms with E-state index in [1.807, 2.05) is 43.7 Å². The number of methoxy groups -OCH3 is 3. The van der Waals surface area contributed by atoms with E-state index in [4.69, 9.17) is 14.2 Å². The monoisotopic (exact) mass is 410 g/mol. The molecule has 0 aliphatic heterocycles. The molecule has 0 spiro atoms. The van der Waals surface area contributed by atoms with Crippen molar-refractivity contribution >= 4 is 23.5 Å². The van der Waals surface area contributed by atoms with Crippen molar-refractivity contribution < 1.29 is 19.3 Å². The summed E-state index contributed by atoms with van der Waals surface area (Å²) in [6.07, 6.45) is 8.81. The molecule has 1 fully saturated rings. The normalized spacial score (nSPS) is 21.6. The number of benzene rings is 1. The Morgan fingerprint density at radius 2 is 1.74 bits per heavy atom. The van der Waals surface area contributed by atoms with Crippen LogP contribution in [0.15, 0.2) is 35.1 Å². The van der Waals surface area contributed by atoms with Crippen LogP contribution < -0.4 is 14.2 Å². The molecule has 0 aromatic heterocycles. The second-order valence-electron chi connectivity index (χ2n) is 6.69. The van der Waals surface area contributed by atoms with Gasteiger partial charge in [-0.3, -0.25) is 0 Å². The summed E-state index contributed by atoms with van der Waals surface area (Å²) >= 11 is 3.31. The van der Waals surface area contributed by atoms with E-state index in [1.165, 1.54) is 0 Å². The Bertz CT molecular complexity index is 672. The summed E-state index contributed by atoms with van der Waals surface area (Å²) in [5.41, 5.74) is 0.154. The zero-order valence-corrected chi connectivity index (χ0v) is 18.6. The summed E-state index contributed by atoms with van der Waals surface area (Å²) in [5, 5.41) is 11.6. The van der Waals surface area contributed by atoms with Crippen molar-refractivity contribution in [3.05, 3.63) is 40.7 Å².